The highest BCUT2D eigenvalue weighted by molar-refractivity contribution is 7.90. The lowest BCUT2D eigenvalue weighted by molar-refractivity contribution is -0.123. The SMILES string of the molecule is COC1CCN(c2ccc3c(C4=CCN(C)CC4)cn(S(=O)(=O)c4ccc5c(c4)OCCN5C)c3c2)C1.COC1CCN(c2ccc3c(C4=CCN(C)CC4)cn(S(=O)(=O)c4ccc5c(ccn5C)c4)c3c2)C1.COC1CCN(c2ccc3c(C4=CCN(C)CC4)cn(S(=O)(=O)c4cccnc4)c3c2)C1.O=CO.O=CO.O=CO. The van der Waals surface area contributed by atoms with Crippen LogP contribution in [0.4, 0.5) is 22.7 Å². The fourth-order valence-corrected chi connectivity index (χ4v) is 19.9. The molecule has 17 rings (SSSR count). The Morgan fingerprint density at radius 2 is 0.851 bits per heavy atom. The van der Waals surface area contributed by atoms with Crippen molar-refractivity contribution >= 4 is 133 Å². The van der Waals surface area contributed by atoms with Crippen LogP contribution in [0.15, 0.2) is 179 Å². The van der Waals surface area contributed by atoms with E-state index >= 15 is 0 Å². The number of pyridine rings is 1. The Morgan fingerprint density at radius 1 is 0.456 bits per heavy atom. The summed E-state index contributed by atoms with van der Waals surface area (Å²) in [5, 5.41) is 24.5. The summed E-state index contributed by atoms with van der Waals surface area (Å²) in [6, 6.07) is 34.4. The highest BCUT2D eigenvalue weighted by atomic mass is 32.2. The first kappa shape index (κ1) is 83.1. The van der Waals surface area contributed by atoms with E-state index < -0.39 is 30.1 Å². The van der Waals surface area contributed by atoms with Gasteiger partial charge in [0.25, 0.3) is 49.5 Å². The first-order valence-corrected chi connectivity index (χ1v) is 42.1. The summed E-state index contributed by atoms with van der Waals surface area (Å²) in [6.07, 6.45) is 23.2. The fraction of sp³-hybridized carbons (Fsp3) is 0.373. The summed E-state index contributed by atoms with van der Waals surface area (Å²) in [5.74, 6) is 0.605. The van der Waals surface area contributed by atoms with Crippen LogP contribution in [0.5, 0.6) is 5.75 Å². The van der Waals surface area contributed by atoms with E-state index in [9.17, 15) is 25.3 Å². The molecule has 28 nitrogen and oxygen atoms in total. The van der Waals surface area contributed by atoms with E-state index in [4.69, 9.17) is 48.7 Å². The lowest BCUT2D eigenvalue weighted by Crippen LogP contribution is -2.29. The third kappa shape index (κ3) is 17.8. The molecule has 3 N–H and O–H groups in total. The second-order valence-electron chi connectivity index (χ2n) is 29.2. The molecule has 5 aromatic heterocycles. The number of aromatic nitrogens is 5. The molecule has 114 heavy (non-hydrogen) atoms. The number of methoxy groups -OCH3 is 3. The standard InChI is InChI=1S/C28H34N4O4S.C28H32N4O3S.C24H28N4O3S.3CH2O2/c1-29-11-8-20(9-12-29)25-19-32(27-16-21(4-6-24(25)27)31-13-10-22(18-31)35-3)37(33,34)23-5-7-26-28(17-23)36-15-14-30(26)2;1-29-12-8-20(9-13-29)26-19-32(36(33,34)24-5-7-27-21(16-24)10-14-30(27)2)28-17-22(4-6-25(26)28)31-15-11-23(18-31)35-3;1-26-11-7-18(8-12-26)23-17-28(32(29,30)21-4-3-10-25-15-21)24-14-19(5-6-22(23)24)27-13-9-20(16-27)31-2;3*2-1-3/h4-8,16-17,19,22H,9-15,18H2,1-3H3;4-8,10,14,16-17,19,23H,9,11-13,15,18H2,1-3H3;3-7,10,14-15,17,20H,8-9,11-13,16H2,1-2H3;3*1H,(H,2,3). The van der Waals surface area contributed by atoms with Gasteiger partial charge in [-0.2, -0.15) is 0 Å². The number of likely N-dealkylation sites (N-methyl/N-ethyl adjacent to an activating group) is 4. The van der Waals surface area contributed by atoms with Crippen LogP contribution in [0.25, 0.3) is 60.3 Å². The van der Waals surface area contributed by atoms with Crippen molar-refractivity contribution in [3.05, 3.63) is 181 Å². The van der Waals surface area contributed by atoms with Gasteiger partial charge in [-0.05, 0) is 161 Å². The maximum atomic E-state index is 14.1. The zero-order chi connectivity index (χ0) is 81.2. The van der Waals surface area contributed by atoms with Gasteiger partial charge in [-0.15, -0.1) is 0 Å². The van der Waals surface area contributed by atoms with Crippen LogP contribution in [-0.2, 0) is 65.7 Å². The van der Waals surface area contributed by atoms with Gasteiger partial charge in [-0.3, -0.25) is 19.4 Å². The summed E-state index contributed by atoms with van der Waals surface area (Å²) in [6.45, 7) is 11.1. The number of ether oxygens (including phenoxy) is 4. The molecule has 3 atom stereocenters. The van der Waals surface area contributed by atoms with Gasteiger partial charge in [-0.25, -0.2) is 37.2 Å². The van der Waals surface area contributed by atoms with E-state index in [0.29, 0.717) is 28.3 Å². The predicted octanol–water partition coefficient (Wildman–Crippen LogP) is 10.3. The lowest BCUT2D eigenvalue weighted by Gasteiger charge is -2.27. The molecule has 0 spiro atoms. The van der Waals surface area contributed by atoms with Crippen LogP contribution in [0.3, 0.4) is 0 Å². The van der Waals surface area contributed by atoms with Crippen molar-refractivity contribution in [2.24, 2.45) is 7.05 Å². The molecule has 3 fully saturated rings. The zero-order valence-electron chi connectivity index (χ0n) is 65.4. The Bertz CT molecular complexity index is 5570. The van der Waals surface area contributed by atoms with Gasteiger partial charge >= 0.3 is 0 Å². The third-order valence-corrected chi connectivity index (χ3v) is 27.3. The molecule has 7 aliphatic rings. The molecule has 0 saturated carbocycles. The monoisotopic (exact) mass is 1620 g/mol. The number of carboxylic acid groups (broad SMARTS) is 3. The van der Waals surface area contributed by atoms with Crippen molar-refractivity contribution in [3.8, 4) is 5.75 Å². The van der Waals surface area contributed by atoms with E-state index in [1.54, 1.807) is 70.1 Å². The van der Waals surface area contributed by atoms with Crippen LogP contribution in [0, 0.1) is 0 Å². The molecule has 5 aromatic carbocycles. The molecule has 0 aliphatic carbocycles. The number of benzene rings is 5. The van der Waals surface area contributed by atoms with Crippen molar-refractivity contribution in [2.45, 2.75) is 71.5 Å². The summed E-state index contributed by atoms with van der Waals surface area (Å²) in [7, 11) is 4.05. The third-order valence-electron chi connectivity index (χ3n) is 22.3. The van der Waals surface area contributed by atoms with Crippen molar-refractivity contribution in [1.29, 1.82) is 0 Å². The molecule has 10 aromatic rings. The second-order valence-corrected chi connectivity index (χ2v) is 34.6. The van der Waals surface area contributed by atoms with Gasteiger partial charge < -0.3 is 73.1 Å². The summed E-state index contributed by atoms with van der Waals surface area (Å²) < 4.78 is 112. The molecule has 3 unspecified atom stereocenters. The first-order chi connectivity index (χ1) is 54.9. The summed E-state index contributed by atoms with van der Waals surface area (Å²) >= 11 is 0. The van der Waals surface area contributed by atoms with Crippen molar-refractivity contribution in [1.82, 2.24) is 36.2 Å². The number of aryl methyl sites for hydroxylation is 1. The largest absolute Gasteiger partial charge is 0.490 e. The molecule has 0 amide bonds. The van der Waals surface area contributed by atoms with E-state index in [2.05, 4.69) is 115 Å². The average Bonchev–Trinajstić information content (AvgIpc) is 1.58. The molecule has 0 radical (unpaired) electrons. The number of hydrogen-bond donors (Lipinski definition) is 3. The van der Waals surface area contributed by atoms with E-state index in [0.717, 1.165) is 196 Å². The van der Waals surface area contributed by atoms with Crippen LogP contribution in [0.2, 0.25) is 0 Å². The summed E-state index contributed by atoms with van der Waals surface area (Å²) in [5.41, 5.74) is 13.7. The summed E-state index contributed by atoms with van der Waals surface area (Å²) in [4.78, 5) is 45.5. The van der Waals surface area contributed by atoms with Crippen LogP contribution in [-0.4, -0.2) is 256 Å². The van der Waals surface area contributed by atoms with Crippen LogP contribution >= 0.6 is 0 Å². The topological polar surface area (TPSA) is 307 Å². The average molecular weight is 1620 g/mol. The first-order valence-electron chi connectivity index (χ1n) is 37.8. The van der Waals surface area contributed by atoms with Crippen LogP contribution < -0.4 is 24.3 Å². The minimum absolute atomic E-state index is 0.187. The number of rotatable bonds is 15. The maximum Gasteiger partial charge on any atom is 0.290 e. The Balaban J connectivity index is 0.000000150. The minimum atomic E-state index is -3.86. The molecule has 3 saturated heterocycles. The van der Waals surface area contributed by atoms with Crippen molar-refractivity contribution in [2.75, 3.05) is 161 Å². The highest BCUT2D eigenvalue weighted by Crippen LogP contribution is 2.42. The molecule has 12 heterocycles. The predicted molar refractivity (Wildman–Crippen MR) is 445 cm³/mol. The van der Waals surface area contributed by atoms with Crippen LogP contribution in [0.1, 0.15) is 55.2 Å². The van der Waals surface area contributed by atoms with E-state index in [-0.39, 0.29) is 47.5 Å². The quantitative estimate of drug-likeness (QED) is 0.0803. The number of hydrogen-bond acceptors (Lipinski definition) is 21. The molecular formula is C83H100N12O16S3. The van der Waals surface area contributed by atoms with Gasteiger partial charge in [0.1, 0.15) is 17.3 Å². The molecule has 7 aliphatic heterocycles. The minimum Gasteiger partial charge on any atom is -0.490 e. The zero-order valence-corrected chi connectivity index (χ0v) is 67.9. The Hall–Kier alpha value is -10.3. The lowest BCUT2D eigenvalue weighted by atomic mass is 9.99. The number of fused-ring (bicyclic) bond motifs is 5. The normalized spacial score (nSPS) is 18.8. The number of carbonyl (C=O) groups is 3. The highest BCUT2D eigenvalue weighted by Gasteiger charge is 2.33. The number of anilines is 4. The van der Waals surface area contributed by atoms with Gasteiger partial charge in [0, 0.05) is 218 Å². The second kappa shape index (κ2) is 36.4. The van der Waals surface area contributed by atoms with E-state index in [1.807, 2.05) is 73.7 Å². The maximum absolute atomic E-state index is 14.1. The molecule has 0 bridgehead atoms. The fourth-order valence-electron chi connectivity index (χ4n) is 15.8. The van der Waals surface area contributed by atoms with Gasteiger partial charge in [-0.1, -0.05) is 36.4 Å². The Labute approximate surface area is 665 Å². The van der Waals surface area contributed by atoms with Gasteiger partial charge in [0.2, 0.25) is 0 Å². The Kier molecular flexibility index (Phi) is 26.5. The number of nitrogens with zero attached hydrogens (tertiary/aromatic N) is 12. The smallest absolute Gasteiger partial charge is 0.290 e. The van der Waals surface area contributed by atoms with Crippen molar-refractivity contribution in [3.63, 3.8) is 0 Å². The molecule has 31 heteroatoms. The molecule has 606 valence electrons. The van der Waals surface area contributed by atoms with Crippen molar-refractivity contribution < 1.29 is 73.9 Å². The van der Waals surface area contributed by atoms with E-state index in [1.165, 1.54) is 34.8 Å². The van der Waals surface area contributed by atoms with Gasteiger partial charge in [0.05, 0.1) is 56.9 Å². The van der Waals surface area contributed by atoms with Gasteiger partial charge in [0.15, 0.2) is 0 Å². The Morgan fingerprint density at radius 3 is 1.22 bits per heavy atom. The molecular weight excluding hydrogens is 1520 g/mol.